The number of aromatic nitrogens is 4. The van der Waals surface area contributed by atoms with Gasteiger partial charge in [0, 0.05) is 44.8 Å². The molecule has 7 heteroatoms. The van der Waals surface area contributed by atoms with Gasteiger partial charge in [0.25, 0.3) is 0 Å². The first-order chi connectivity index (χ1) is 12.8. The first-order valence-corrected chi connectivity index (χ1v) is 8.44. The van der Waals surface area contributed by atoms with E-state index in [0.717, 1.165) is 43.4 Å². The number of hydrogen-bond acceptors (Lipinski definition) is 7. The van der Waals surface area contributed by atoms with E-state index in [2.05, 4.69) is 35.8 Å². The van der Waals surface area contributed by atoms with Gasteiger partial charge in [-0.1, -0.05) is 6.07 Å². The molecule has 0 aromatic carbocycles. The van der Waals surface area contributed by atoms with Crippen LogP contribution in [0.3, 0.4) is 0 Å². The van der Waals surface area contributed by atoms with Gasteiger partial charge in [0.1, 0.15) is 11.9 Å². The van der Waals surface area contributed by atoms with Gasteiger partial charge in [0.15, 0.2) is 0 Å². The molecule has 0 amide bonds. The second kappa shape index (κ2) is 7.15. The van der Waals surface area contributed by atoms with Crippen LogP contribution in [0.2, 0.25) is 0 Å². The van der Waals surface area contributed by atoms with Gasteiger partial charge in [-0.25, -0.2) is 15.0 Å². The van der Waals surface area contributed by atoms with E-state index in [1.165, 1.54) is 0 Å². The summed E-state index contributed by atoms with van der Waals surface area (Å²) in [6, 6.07) is 13.4. The summed E-state index contributed by atoms with van der Waals surface area (Å²) >= 11 is 0. The van der Waals surface area contributed by atoms with Crippen molar-refractivity contribution in [3.8, 4) is 17.5 Å². The Balaban J connectivity index is 1.50. The fourth-order valence-electron chi connectivity index (χ4n) is 3.01. The molecule has 128 valence electrons. The Labute approximate surface area is 151 Å². The Morgan fingerprint density at radius 1 is 0.769 bits per heavy atom. The van der Waals surface area contributed by atoms with Crippen molar-refractivity contribution in [3.05, 3.63) is 60.6 Å². The third kappa shape index (κ3) is 3.17. The fourth-order valence-corrected chi connectivity index (χ4v) is 3.01. The first-order valence-electron chi connectivity index (χ1n) is 8.44. The van der Waals surface area contributed by atoms with Crippen LogP contribution in [0.4, 0.5) is 11.8 Å². The van der Waals surface area contributed by atoms with E-state index in [4.69, 9.17) is 0 Å². The maximum absolute atomic E-state index is 9.26. The summed E-state index contributed by atoms with van der Waals surface area (Å²) in [5.41, 5.74) is 2.26. The van der Waals surface area contributed by atoms with Crippen LogP contribution in [0.5, 0.6) is 0 Å². The monoisotopic (exact) mass is 343 g/mol. The van der Waals surface area contributed by atoms with Gasteiger partial charge in [-0.3, -0.25) is 4.98 Å². The van der Waals surface area contributed by atoms with Gasteiger partial charge >= 0.3 is 0 Å². The topological polar surface area (TPSA) is 81.8 Å². The number of anilines is 2. The average molecular weight is 343 g/mol. The predicted octanol–water partition coefficient (Wildman–Crippen LogP) is 2.13. The van der Waals surface area contributed by atoms with E-state index in [1.807, 2.05) is 24.3 Å². The minimum Gasteiger partial charge on any atom is -0.352 e. The summed E-state index contributed by atoms with van der Waals surface area (Å²) in [5.74, 6) is 1.45. The van der Waals surface area contributed by atoms with Crippen molar-refractivity contribution in [1.29, 1.82) is 5.26 Å². The highest BCUT2D eigenvalue weighted by atomic mass is 15.3. The molecule has 1 saturated heterocycles. The molecule has 4 rings (SSSR count). The molecule has 0 bridgehead atoms. The van der Waals surface area contributed by atoms with Crippen molar-refractivity contribution in [2.75, 3.05) is 36.0 Å². The Bertz CT molecular complexity index is 928. The van der Waals surface area contributed by atoms with Crippen LogP contribution in [0, 0.1) is 11.3 Å². The molecule has 7 nitrogen and oxygen atoms in total. The summed E-state index contributed by atoms with van der Waals surface area (Å²) in [7, 11) is 0. The average Bonchev–Trinajstić information content (AvgIpc) is 2.74. The number of nitrogens with zero attached hydrogens (tertiary/aromatic N) is 7. The largest absolute Gasteiger partial charge is 0.352 e. The van der Waals surface area contributed by atoms with Crippen LogP contribution in [0.1, 0.15) is 5.56 Å². The van der Waals surface area contributed by atoms with E-state index >= 15 is 0 Å². The Kier molecular flexibility index (Phi) is 4.39. The van der Waals surface area contributed by atoms with E-state index in [9.17, 15) is 5.26 Å². The molecule has 3 aromatic heterocycles. The molecular weight excluding hydrogens is 326 g/mol. The summed E-state index contributed by atoms with van der Waals surface area (Å²) in [4.78, 5) is 22.1. The van der Waals surface area contributed by atoms with Crippen LogP contribution in [-0.2, 0) is 0 Å². The molecule has 0 radical (unpaired) electrons. The van der Waals surface area contributed by atoms with Crippen molar-refractivity contribution in [3.63, 3.8) is 0 Å². The van der Waals surface area contributed by atoms with Gasteiger partial charge in [-0.2, -0.15) is 5.26 Å². The summed E-state index contributed by atoms with van der Waals surface area (Å²) in [6.45, 7) is 3.08. The zero-order valence-electron chi connectivity index (χ0n) is 14.2. The zero-order valence-corrected chi connectivity index (χ0v) is 14.2. The third-order valence-corrected chi connectivity index (χ3v) is 4.34. The van der Waals surface area contributed by atoms with E-state index in [0.29, 0.717) is 11.5 Å². The number of rotatable bonds is 3. The molecule has 4 heterocycles. The van der Waals surface area contributed by atoms with Crippen LogP contribution in [-0.4, -0.2) is 46.1 Å². The summed E-state index contributed by atoms with van der Waals surface area (Å²) < 4.78 is 0. The van der Waals surface area contributed by atoms with Crippen LogP contribution in [0.15, 0.2) is 55.0 Å². The molecule has 0 spiro atoms. The quantitative estimate of drug-likeness (QED) is 0.720. The lowest BCUT2D eigenvalue weighted by Gasteiger charge is -2.35. The molecular formula is C19H17N7. The van der Waals surface area contributed by atoms with Crippen LogP contribution in [0.25, 0.3) is 11.4 Å². The zero-order chi connectivity index (χ0) is 17.8. The van der Waals surface area contributed by atoms with Crippen molar-refractivity contribution in [2.24, 2.45) is 0 Å². The number of piperazine rings is 1. The molecule has 0 N–H and O–H groups in total. The van der Waals surface area contributed by atoms with Crippen molar-refractivity contribution in [2.45, 2.75) is 0 Å². The summed E-state index contributed by atoms with van der Waals surface area (Å²) in [6.07, 6.45) is 5.25. The minimum absolute atomic E-state index is 0.606. The molecule has 26 heavy (non-hydrogen) atoms. The standard InChI is InChI=1S/C19H17N7/c20-14-15-4-3-8-22-18(15)25-10-12-26(13-11-25)19-23-9-6-17(24-19)16-5-1-2-7-21-16/h1-9H,10-13H2. The maximum atomic E-state index is 9.26. The molecule has 1 aliphatic rings. The molecule has 3 aromatic rings. The van der Waals surface area contributed by atoms with Gasteiger partial charge in [0.2, 0.25) is 5.95 Å². The fraction of sp³-hybridized carbons (Fsp3) is 0.211. The lowest BCUT2D eigenvalue weighted by molar-refractivity contribution is 0.634. The number of nitriles is 1. The number of pyridine rings is 2. The molecule has 0 atom stereocenters. The van der Waals surface area contributed by atoms with E-state index < -0.39 is 0 Å². The van der Waals surface area contributed by atoms with Gasteiger partial charge in [-0.05, 0) is 30.3 Å². The molecule has 0 aliphatic carbocycles. The molecule has 1 aliphatic heterocycles. The van der Waals surface area contributed by atoms with E-state index in [1.54, 1.807) is 30.7 Å². The molecule has 0 saturated carbocycles. The minimum atomic E-state index is 0.606. The van der Waals surface area contributed by atoms with Gasteiger partial charge < -0.3 is 9.80 Å². The van der Waals surface area contributed by atoms with Crippen molar-refractivity contribution in [1.82, 2.24) is 19.9 Å². The smallest absolute Gasteiger partial charge is 0.226 e. The van der Waals surface area contributed by atoms with Gasteiger partial charge in [0.05, 0.1) is 17.0 Å². The van der Waals surface area contributed by atoms with Gasteiger partial charge in [-0.15, -0.1) is 0 Å². The third-order valence-electron chi connectivity index (χ3n) is 4.34. The first kappa shape index (κ1) is 16.0. The van der Waals surface area contributed by atoms with Crippen molar-refractivity contribution >= 4 is 11.8 Å². The SMILES string of the molecule is N#Cc1cccnc1N1CCN(c2nccc(-c3ccccn3)n2)CC1. The Morgan fingerprint density at radius 2 is 1.58 bits per heavy atom. The Morgan fingerprint density at radius 3 is 2.35 bits per heavy atom. The lowest BCUT2D eigenvalue weighted by Crippen LogP contribution is -2.47. The Hall–Kier alpha value is -3.53. The predicted molar refractivity (Wildman–Crippen MR) is 98.6 cm³/mol. The van der Waals surface area contributed by atoms with Crippen molar-refractivity contribution < 1.29 is 0 Å². The second-order valence-corrected chi connectivity index (χ2v) is 5.92. The number of hydrogen-bond donors (Lipinski definition) is 0. The van der Waals surface area contributed by atoms with E-state index in [-0.39, 0.29) is 0 Å². The highest BCUT2D eigenvalue weighted by molar-refractivity contribution is 5.56. The molecule has 0 unspecified atom stereocenters. The van der Waals surface area contributed by atoms with Crippen LogP contribution < -0.4 is 9.80 Å². The maximum Gasteiger partial charge on any atom is 0.226 e. The highest BCUT2D eigenvalue weighted by Gasteiger charge is 2.22. The lowest BCUT2D eigenvalue weighted by atomic mass is 10.2. The highest BCUT2D eigenvalue weighted by Crippen LogP contribution is 2.21. The second-order valence-electron chi connectivity index (χ2n) is 5.92. The molecule has 1 fully saturated rings. The normalized spacial score (nSPS) is 14.1. The van der Waals surface area contributed by atoms with Crippen LogP contribution >= 0.6 is 0 Å². The summed E-state index contributed by atoms with van der Waals surface area (Å²) in [5, 5.41) is 9.26.